The summed E-state index contributed by atoms with van der Waals surface area (Å²) in [7, 11) is 0. The van der Waals surface area contributed by atoms with Crippen molar-refractivity contribution in [2.75, 3.05) is 13.1 Å². The summed E-state index contributed by atoms with van der Waals surface area (Å²) < 4.78 is 27.6. The van der Waals surface area contributed by atoms with Gasteiger partial charge in [0.05, 0.1) is 5.56 Å². The quantitative estimate of drug-likeness (QED) is 0.877. The molecule has 1 unspecified atom stereocenters. The molecule has 3 rings (SSSR count). The van der Waals surface area contributed by atoms with Crippen LogP contribution in [0.4, 0.5) is 8.78 Å². The van der Waals surface area contributed by atoms with E-state index in [0.717, 1.165) is 12.8 Å². The Balaban J connectivity index is 1.71. The van der Waals surface area contributed by atoms with Crippen molar-refractivity contribution < 1.29 is 13.6 Å². The zero-order valence-electron chi connectivity index (χ0n) is 15.6. The first-order valence-electron chi connectivity index (χ1n) is 9.27. The monoisotopic (exact) mass is 385 g/mol. The highest BCUT2D eigenvalue weighted by atomic mass is 19.1. The maximum Gasteiger partial charge on any atom is 0.266 e. The molecule has 1 N–H and O–H groups in total. The van der Waals surface area contributed by atoms with Gasteiger partial charge < -0.3 is 9.88 Å². The van der Waals surface area contributed by atoms with Crippen LogP contribution >= 0.6 is 0 Å². The number of piperidine rings is 1. The number of hydrogen-bond donors (Lipinski definition) is 1. The molecule has 0 bridgehead atoms. The molecule has 1 aliphatic heterocycles. The van der Waals surface area contributed by atoms with Crippen LogP contribution in [-0.4, -0.2) is 28.9 Å². The number of nitrogens with zero attached hydrogens (tertiary/aromatic N) is 2. The minimum absolute atomic E-state index is 0.0843. The molecule has 2 heterocycles. The molecule has 0 saturated carbocycles. The molecule has 0 aliphatic carbocycles. The molecule has 7 heteroatoms. The summed E-state index contributed by atoms with van der Waals surface area (Å²) in [4.78, 5) is 28.8. The second-order valence-electron chi connectivity index (χ2n) is 7.16. The van der Waals surface area contributed by atoms with Crippen LogP contribution in [0.1, 0.15) is 46.4 Å². The number of amides is 1. The van der Waals surface area contributed by atoms with Crippen molar-refractivity contribution >= 4 is 5.91 Å². The first-order chi connectivity index (χ1) is 13.4. The standard InChI is InChI=1S/C21H21F2N3O2/c1-13-17(10-15(11-24)20(27)25-13)21(28)26-9-3-4-14(12-26)7-8-16-18(22)5-2-6-19(16)23/h2,5-6,10,14H,3-4,7-9,12H2,1H3,(H,25,27). The summed E-state index contributed by atoms with van der Waals surface area (Å²) in [6.07, 6.45) is 2.54. The van der Waals surface area contributed by atoms with E-state index in [2.05, 4.69) is 4.98 Å². The van der Waals surface area contributed by atoms with Gasteiger partial charge in [-0.3, -0.25) is 9.59 Å². The SMILES string of the molecule is Cc1[nH]c(=O)c(C#N)cc1C(=O)N1CCCC(CCc2c(F)cccc2F)C1. The lowest BCUT2D eigenvalue weighted by Crippen LogP contribution is -2.40. The Bertz CT molecular complexity index is 974. The first kappa shape index (κ1) is 19.7. The fourth-order valence-electron chi connectivity index (χ4n) is 3.70. The molecule has 1 aromatic carbocycles. The summed E-state index contributed by atoms with van der Waals surface area (Å²) in [6, 6.07) is 6.97. The molecule has 1 fully saturated rings. The molecular formula is C21H21F2N3O2. The predicted octanol–water partition coefficient (Wildman–Crippen LogP) is 3.32. The van der Waals surface area contributed by atoms with Crippen LogP contribution in [0.3, 0.4) is 0 Å². The van der Waals surface area contributed by atoms with Crippen molar-refractivity contribution in [3.05, 3.63) is 68.6 Å². The van der Waals surface area contributed by atoms with E-state index < -0.39 is 17.2 Å². The van der Waals surface area contributed by atoms with Crippen LogP contribution in [0.15, 0.2) is 29.1 Å². The van der Waals surface area contributed by atoms with Gasteiger partial charge in [-0.2, -0.15) is 5.26 Å². The number of H-pyrrole nitrogens is 1. The van der Waals surface area contributed by atoms with Gasteiger partial charge in [0.15, 0.2) is 0 Å². The average Bonchev–Trinajstić information content (AvgIpc) is 2.67. The molecule has 1 aromatic heterocycles. The summed E-state index contributed by atoms with van der Waals surface area (Å²) >= 11 is 0. The molecule has 1 amide bonds. The van der Waals surface area contributed by atoms with Crippen molar-refractivity contribution in [1.29, 1.82) is 5.26 Å². The van der Waals surface area contributed by atoms with Gasteiger partial charge in [-0.15, -0.1) is 0 Å². The zero-order valence-corrected chi connectivity index (χ0v) is 15.6. The summed E-state index contributed by atoms with van der Waals surface area (Å²) in [5.41, 5.74) is 0.195. The Labute approximate surface area is 161 Å². The van der Waals surface area contributed by atoms with Crippen molar-refractivity contribution in [1.82, 2.24) is 9.88 Å². The molecule has 1 saturated heterocycles. The van der Waals surface area contributed by atoms with E-state index >= 15 is 0 Å². The number of rotatable bonds is 4. The average molecular weight is 385 g/mol. The fraction of sp³-hybridized carbons (Fsp3) is 0.381. The van der Waals surface area contributed by atoms with Crippen LogP contribution in [0.2, 0.25) is 0 Å². The Morgan fingerprint density at radius 1 is 1.36 bits per heavy atom. The van der Waals surface area contributed by atoms with Gasteiger partial charge in [0.2, 0.25) is 0 Å². The molecule has 2 aromatic rings. The van der Waals surface area contributed by atoms with E-state index in [0.29, 0.717) is 30.8 Å². The van der Waals surface area contributed by atoms with Crippen LogP contribution < -0.4 is 5.56 Å². The van der Waals surface area contributed by atoms with Gasteiger partial charge in [0.25, 0.3) is 11.5 Å². The maximum absolute atomic E-state index is 13.8. The summed E-state index contributed by atoms with van der Waals surface area (Å²) in [5, 5.41) is 9.03. The van der Waals surface area contributed by atoms with Crippen molar-refractivity contribution in [3.63, 3.8) is 0 Å². The number of aromatic nitrogens is 1. The van der Waals surface area contributed by atoms with Crippen molar-refractivity contribution in [3.8, 4) is 6.07 Å². The normalized spacial score (nSPS) is 16.6. The summed E-state index contributed by atoms with van der Waals surface area (Å²) in [6.45, 7) is 2.68. The highest BCUT2D eigenvalue weighted by Crippen LogP contribution is 2.25. The Kier molecular flexibility index (Phi) is 5.88. The number of benzene rings is 1. The summed E-state index contributed by atoms with van der Waals surface area (Å²) in [5.74, 6) is -1.20. The van der Waals surface area contributed by atoms with Gasteiger partial charge in [0.1, 0.15) is 23.3 Å². The highest BCUT2D eigenvalue weighted by Gasteiger charge is 2.26. The minimum Gasteiger partial charge on any atom is -0.338 e. The lowest BCUT2D eigenvalue weighted by Gasteiger charge is -2.33. The number of hydrogen-bond acceptors (Lipinski definition) is 3. The number of aromatic amines is 1. The van der Waals surface area contributed by atoms with E-state index in [1.165, 1.54) is 24.3 Å². The molecule has 0 spiro atoms. The van der Waals surface area contributed by atoms with Gasteiger partial charge >= 0.3 is 0 Å². The molecule has 28 heavy (non-hydrogen) atoms. The second-order valence-corrected chi connectivity index (χ2v) is 7.16. The Morgan fingerprint density at radius 2 is 2.07 bits per heavy atom. The molecule has 146 valence electrons. The van der Waals surface area contributed by atoms with Gasteiger partial charge in [-0.25, -0.2) is 8.78 Å². The lowest BCUT2D eigenvalue weighted by molar-refractivity contribution is 0.0666. The predicted molar refractivity (Wildman–Crippen MR) is 99.8 cm³/mol. The van der Waals surface area contributed by atoms with Crippen molar-refractivity contribution in [2.24, 2.45) is 5.92 Å². The van der Waals surface area contributed by atoms with Gasteiger partial charge in [0, 0.05) is 24.3 Å². The molecular weight excluding hydrogens is 364 g/mol. The smallest absolute Gasteiger partial charge is 0.266 e. The highest BCUT2D eigenvalue weighted by molar-refractivity contribution is 5.95. The Hall–Kier alpha value is -3.01. The number of nitrogens with one attached hydrogen (secondary N) is 1. The second kappa shape index (κ2) is 8.34. The number of halogens is 2. The van der Waals surface area contributed by atoms with Crippen molar-refractivity contribution in [2.45, 2.75) is 32.6 Å². The molecule has 0 radical (unpaired) electrons. The van der Waals surface area contributed by atoms with E-state index in [1.54, 1.807) is 17.9 Å². The minimum atomic E-state index is -0.545. The number of pyridine rings is 1. The third kappa shape index (κ3) is 4.11. The third-order valence-corrected chi connectivity index (χ3v) is 5.26. The molecule has 1 atom stereocenters. The zero-order chi connectivity index (χ0) is 20.3. The first-order valence-corrected chi connectivity index (χ1v) is 9.27. The molecule has 5 nitrogen and oxygen atoms in total. The lowest BCUT2D eigenvalue weighted by atomic mass is 9.91. The van der Waals surface area contributed by atoms with Gasteiger partial charge in [-0.1, -0.05) is 6.07 Å². The van der Waals surface area contributed by atoms with Crippen LogP contribution in [0, 0.1) is 35.8 Å². The van der Waals surface area contributed by atoms with E-state index in [-0.39, 0.29) is 29.4 Å². The van der Waals surface area contributed by atoms with Crippen LogP contribution in [0.25, 0.3) is 0 Å². The number of likely N-dealkylation sites (tertiary alicyclic amines) is 1. The van der Waals surface area contributed by atoms with Crippen LogP contribution in [0.5, 0.6) is 0 Å². The third-order valence-electron chi connectivity index (χ3n) is 5.26. The maximum atomic E-state index is 13.8. The largest absolute Gasteiger partial charge is 0.338 e. The Morgan fingerprint density at radius 3 is 2.75 bits per heavy atom. The topological polar surface area (TPSA) is 77.0 Å². The number of nitriles is 1. The number of carbonyl (C=O) groups excluding carboxylic acids is 1. The van der Waals surface area contributed by atoms with Crippen LogP contribution in [-0.2, 0) is 6.42 Å². The van der Waals surface area contributed by atoms with E-state index in [4.69, 9.17) is 5.26 Å². The fourth-order valence-corrected chi connectivity index (χ4v) is 3.70. The molecule has 1 aliphatic rings. The van der Waals surface area contributed by atoms with Gasteiger partial charge in [-0.05, 0) is 56.7 Å². The van der Waals surface area contributed by atoms with E-state index in [9.17, 15) is 18.4 Å². The number of carbonyl (C=O) groups is 1. The number of aryl methyl sites for hydroxylation is 1. The van der Waals surface area contributed by atoms with E-state index in [1.807, 2.05) is 0 Å².